The van der Waals surface area contributed by atoms with Crippen molar-refractivity contribution >= 4 is 46.1 Å². The Balaban J connectivity index is 1.20. The minimum absolute atomic E-state index is 0.426. The number of urea groups is 1. The van der Waals surface area contributed by atoms with Gasteiger partial charge in [-0.25, -0.2) is 9.31 Å². The third kappa shape index (κ3) is 5.28. The molecule has 0 bridgehead atoms. The standard InChI is InChI=1S/C23H28Cl2N6O/c24-20-5-4-6-21(22(20)25)29-15-13-28(14-16-29)10-2-1-3-11-30(23(26)32)18-8-12-31-19(17-18)7-9-27-31/h4-9,12,17H,1-3,10-11,13-16H2,(H2,26,32). The van der Waals surface area contributed by atoms with E-state index in [0.29, 0.717) is 16.6 Å². The summed E-state index contributed by atoms with van der Waals surface area (Å²) in [5.41, 5.74) is 8.39. The summed E-state index contributed by atoms with van der Waals surface area (Å²) in [6.45, 7) is 5.54. The van der Waals surface area contributed by atoms with E-state index in [1.54, 1.807) is 15.6 Å². The number of hydrogen-bond acceptors (Lipinski definition) is 4. The van der Waals surface area contributed by atoms with Gasteiger partial charge in [-0.15, -0.1) is 0 Å². The highest BCUT2D eigenvalue weighted by Gasteiger charge is 2.19. The number of carbonyl (C=O) groups is 1. The van der Waals surface area contributed by atoms with Gasteiger partial charge in [0.05, 0.1) is 21.2 Å². The molecule has 0 aliphatic carbocycles. The molecule has 1 aliphatic heterocycles. The predicted molar refractivity (Wildman–Crippen MR) is 131 cm³/mol. The number of unbranched alkanes of at least 4 members (excludes halogenated alkanes) is 2. The Hall–Kier alpha value is -2.48. The molecule has 0 spiro atoms. The van der Waals surface area contributed by atoms with E-state index in [9.17, 15) is 4.79 Å². The first kappa shape index (κ1) is 22.7. The second kappa shape index (κ2) is 10.4. The minimum atomic E-state index is -0.426. The number of aromatic nitrogens is 2. The summed E-state index contributed by atoms with van der Waals surface area (Å²) in [4.78, 5) is 18.4. The molecule has 1 aliphatic rings. The van der Waals surface area contributed by atoms with Crippen LogP contribution in [0.25, 0.3) is 5.52 Å². The van der Waals surface area contributed by atoms with Gasteiger partial charge in [0.1, 0.15) is 0 Å². The van der Waals surface area contributed by atoms with Gasteiger partial charge in [0.2, 0.25) is 0 Å². The maximum absolute atomic E-state index is 12.0. The summed E-state index contributed by atoms with van der Waals surface area (Å²) in [5, 5.41) is 5.42. The summed E-state index contributed by atoms with van der Waals surface area (Å²) in [5.74, 6) is 0. The van der Waals surface area contributed by atoms with E-state index in [4.69, 9.17) is 28.9 Å². The van der Waals surface area contributed by atoms with E-state index in [2.05, 4.69) is 14.9 Å². The van der Waals surface area contributed by atoms with Gasteiger partial charge in [-0.3, -0.25) is 9.80 Å². The first-order chi connectivity index (χ1) is 15.5. The summed E-state index contributed by atoms with van der Waals surface area (Å²) < 4.78 is 1.77. The molecule has 32 heavy (non-hydrogen) atoms. The molecule has 3 aromatic rings. The molecule has 0 radical (unpaired) electrons. The number of hydrogen-bond donors (Lipinski definition) is 1. The van der Waals surface area contributed by atoms with Crippen LogP contribution in [0.1, 0.15) is 19.3 Å². The molecule has 2 aromatic heterocycles. The van der Waals surface area contributed by atoms with E-state index in [0.717, 1.165) is 68.9 Å². The number of amides is 2. The molecule has 0 saturated carbocycles. The molecule has 4 rings (SSSR count). The molecular weight excluding hydrogens is 447 g/mol. The van der Waals surface area contributed by atoms with Gasteiger partial charge in [-0.2, -0.15) is 5.10 Å². The van der Waals surface area contributed by atoms with Gasteiger partial charge in [-0.1, -0.05) is 35.7 Å². The molecular formula is C23H28Cl2N6O. The van der Waals surface area contributed by atoms with Gasteiger partial charge in [0, 0.05) is 50.8 Å². The first-order valence-electron chi connectivity index (χ1n) is 10.9. The fourth-order valence-corrected chi connectivity index (χ4v) is 4.59. The topological polar surface area (TPSA) is 70.1 Å². The van der Waals surface area contributed by atoms with Crippen LogP contribution in [0.15, 0.2) is 48.8 Å². The summed E-state index contributed by atoms with van der Waals surface area (Å²) in [7, 11) is 0. The van der Waals surface area contributed by atoms with Crippen molar-refractivity contribution in [3.8, 4) is 0 Å². The lowest BCUT2D eigenvalue weighted by Gasteiger charge is -2.36. The third-order valence-electron chi connectivity index (χ3n) is 5.96. The number of rotatable bonds is 8. The maximum Gasteiger partial charge on any atom is 0.319 e. The van der Waals surface area contributed by atoms with Crippen LogP contribution >= 0.6 is 23.2 Å². The van der Waals surface area contributed by atoms with Crippen LogP contribution < -0.4 is 15.5 Å². The largest absolute Gasteiger partial charge is 0.368 e. The Morgan fingerprint density at radius 2 is 1.88 bits per heavy atom. The number of piperazine rings is 1. The van der Waals surface area contributed by atoms with Crippen molar-refractivity contribution in [3.05, 3.63) is 58.8 Å². The third-order valence-corrected chi connectivity index (χ3v) is 6.77. The molecule has 3 heterocycles. The number of pyridine rings is 1. The van der Waals surface area contributed by atoms with Crippen LogP contribution in [0.5, 0.6) is 0 Å². The molecule has 0 atom stereocenters. The zero-order valence-electron chi connectivity index (χ0n) is 18.0. The van der Waals surface area contributed by atoms with Crippen LogP contribution in [-0.4, -0.2) is 59.8 Å². The fourth-order valence-electron chi connectivity index (χ4n) is 4.18. The summed E-state index contributed by atoms with van der Waals surface area (Å²) in [6.07, 6.45) is 6.62. The van der Waals surface area contributed by atoms with Gasteiger partial charge < -0.3 is 10.6 Å². The first-order valence-corrected chi connectivity index (χ1v) is 11.7. The Kier molecular flexibility index (Phi) is 7.40. The van der Waals surface area contributed by atoms with E-state index < -0.39 is 6.03 Å². The molecule has 1 aromatic carbocycles. The smallest absolute Gasteiger partial charge is 0.319 e. The maximum atomic E-state index is 12.0. The molecule has 1 saturated heterocycles. The Labute approximate surface area is 198 Å². The summed E-state index contributed by atoms with van der Waals surface area (Å²) in [6, 6.07) is 11.1. The number of halogens is 2. The van der Waals surface area contributed by atoms with Crippen LogP contribution in [-0.2, 0) is 0 Å². The van der Waals surface area contributed by atoms with Crippen molar-refractivity contribution in [3.63, 3.8) is 0 Å². The van der Waals surface area contributed by atoms with E-state index in [1.807, 2.05) is 42.6 Å². The lowest BCUT2D eigenvalue weighted by Crippen LogP contribution is -2.46. The highest BCUT2D eigenvalue weighted by Crippen LogP contribution is 2.32. The average Bonchev–Trinajstić information content (AvgIpc) is 3.26. The fraction of sp³-hybridized carbons (Fsp3) is 0.391. The van der Waals surface area contributed by atoms with Crippen molar-refractivity contribution in [2.75, 3.05) is 49.1 Å². The minimum Gasteiger partial charge on any atom is -0.368 e. The monoisotopic (exact) mass is 474 g/mol. The zero-order valence-corrected chi connectivity index (χ0v) is 19.5. The number of nitrogens with two attached hydrogens (primary N) is 1. The molecule has 2 amide bonds. The molecule has 170 valence electrons. The van der Waals surface area contributed by atoms with Crippen LogP contribution in [0.3, 0.4) is 0 Å². The Bertz CT molecular complexity index is 1060. The Morgan fingerprint density at radius 3 is 2.66 bits per heavy atom. The molecule has 0 unspecified atom stereocenters. The average molecular weight is 475 g/mol. The Morgan fingerprint density at radius 1 is 1.06 bits per heavy atom. The van der Waals surface area contributed by atoms with Crippen molar-refractivity contribution in [1.29, 1.82) is 0 Å². The van der Waals surface area contributed by atoms with Crippen LogP contribution in [0.4, 0.5) is 16.2 Å². The molecule has 1 fully saturated rings. The predicted octanol–water partition coefficient (Wildman–Crippen LogP) is 4.52. The molecule has 7 nitrogen and oxygen atoms in total. The molecule has 9 heteroatoms. The molecule has 2 N–H and O–H groups in total. The van der Waals surface area contributed by atoms with Crippen LogP contribution in [0, 0.1) is 0 Å². The quantitative estimate of drug-likeness (QED) is 0.487. The summed E-state index contributed by atoms with van der Waals surface area (Å²) >= 11 is 12.5. The van der Waals surface area contributed by atoms with E-state index in [-0.39, 0.29) is 0 Å². The van der Waals surface area contributed by atoms with Crippen molar-refractivity contribution < 1.29 is 4.79 Å². The van der Waals surface area contributed by atoms with Gasteiger partial charge in [0.25, 0.3) is 0 Å². The van der Waals surface area contributed by atoms with Gasteiger partial charge in [-0.05, 0) is 49.7 Å². The lowest BCUT2D eigenvalue weighted by molar-refractivity contribution is 0.250. The highest BCUT2D eigenvalue weighted by molar-refractivity contribution is 6.43. The normalized spacial score (nSPS) is 14.8. The van der Waals surface area contributed by atoms with E-state index >= 15 is 0 Å². The van der Waals surface area contributed by atoms with Crippen molar-refractivity contribution in [2.45, 2.75) is 19.3 Å². The number of carbonyl (C=O) groups excluding carboxylic acids is 1. The highest BCUT2D eigenvalue weighted by atomic mass is 35.5. The number of fused-ring (bicyclic) bond motifs is 1. The zero-order chi connectivity index (χ0) is 22.5. The SMILES string of the molecule is NC(=O)N(CCCCCN1CCN(c2cccc(Cl)c2Cl)CC1)c1ccn2nccc2c1. The van der Waals surface area contributed by atoms with E-state index in [1.165, 1.54) is 0 Å². The number of nitrogens with zero attached hydrogens (tertiary/aromatic N) is 5. The van der Waals surface area contributed by atoms with Gasteiger partial charge in [0.15, 0.2) is 0 Å². The van der Waals surface area contributed by atoms with Crippen molar-refractivity contribution in [1.82, 2.24) is 14.5 Å². The number of benzene rings is 1. The van der Waals surface area contributed by atoms with Crippen LogP contribution in [0.2, 0.25) is 10.0 Å². The second-order valence-electron chi connectivity index (χ2n) is 8.04. The van der Waals surface area contributed by atoms with Gasteiger partial charge >= 0.3 is 6.03 Å². The second-order valence-corrected chi connectivity index (χ2v) is 8.82. The van der Waals surface area contributed by atoms with Crippen molar-refractivity contribution in [2.24, 2.45) is 5.73 Å². The lowest BCUT2D eigenvalue weighted by atomic mass is 10.2. The number of primary amides is 1. The number of anilines is 2.